The van der Waals surface area contributed by atoms with Gasteiger partial charge in [0, 0.05) is 17.2 Å². The van der Waals surface area contributed by atoms with Crippen LogP contribution < -0.4 is 14.4 Å². The highest BCUT2D eigenvalue weighted by Gasteiger charge is 2.74. The third-order valence-corrected chi connectivity index (χ3v) is 7.27. The summed E-state index contributed by atoms with van der Waals surface area (Å²) in [5, 5.41) is 0. The molecule has 1 spiro atoms. The molecule has 2 heterocycles. The van der Waals surface area contributed by atoms with Crippen LogP contribution in [0.25, 0.3) is 0 Å². The number of hydrogen-bond donors (Lipinski definition) is 0. The van der Waals surface area contributed by atoms with Crippen LogP contribution in [0.1, 0.15) is 32.4 Å². The summed E-state index contributed by atoms with van der Waals surface area (Å²) in [6.07, 6.45) is -0.968. The number of methoxy groups -OCH3 is 2. The number of ether oxygens (including phenoxy) is 3. The molecule has 0 unspecified atom stereocenters. The number of amides is 2. The molecule has 180 valence electrons. The number of hydrogen-bond acceptors (Lipinski definition) is 7. The van der Waals surface area contributed by atoms with E-state index in [0.717, 1.165) is 4.90 Å². The molecule has 2 aliphatic heterocycles. The summed E-state index contributed by atoms with van der Waals surface area (Å²) in [7, 11) is 2.91. The van der Waals surface area contributed by atoms with E-state index < -0.39 is 46.9 Å². The number of ketones is 2. The molecule has 3 aromatic carbocycles. The van der Waals surface area contributed by atoms with Crippen LogP contribution in [-0.4, -0.2) is 43.2 Å². The van der Waals surface area contributed by atoms with Gasteiger partial charge in [0.05, 0.1) is 37.8 Å². The number of anilines is 1. The van der Waals surface area contributed by atoms with Crippen molar-refractivity contribution >= 4 is 29.1 Å². The van der Waals surface area contributed by atoms with Crippen LogP contribution in [0, 0.1) is 11.8 Å². The van der Waals surface area contributed by atoms with Crippen LogP contribution in [0.3, 0.4) is 0 Å². The number of imide groups is 1. The molecule has 3 aromatic rings. The summed E-state index contributed by atoms with van der Waals surface area (Å²) < 4.78 is 17.0. The van der Waals surface area contributed by atoms with Crippen molar-refractivity contribution in [2.45, 2.75) is 11.7 Å². The van der Waals surface area contributed by atoms with Crippen molar-refractivity contribution in [1.82, 2.24) is 0 Å². The number of carbonyl (C=O) groups excluding carboxylic acids is 4. The molecule has 8 nitrogen and oxygen atoms in total. The van der Waals surface area contributed by atoms with Crippen molar-refractivity contribution in [3.05, 3.63) is 89.5 Å². The Labute approximate surface area is 206 Å². The third kappa shape index (κ3) is 2.73. The average molecular weight is 483 g/mol. The van der Waals surface area contributed by atoms with Gasteiger partial charge in [0.25, 0.3) is 0 Å². The van der Waals surface area contributed by atoms with Crippen molar-refractivity contribution in [3.63, 3.8) is 0 Å². The van der Waals surface area contributed by atoms with Gasteiger partial charge < -0.3 is 14.2 Å². The van der Waals surface area contributed by atoms with E-state index in [-0.39, 0.29) is 22.6 Å². The molecule has 0 saturated carbocycles. The molecule has 1 aliphatic carbocycles. The summed E-state index contributed by atoms with van der Waals surface area (Å²) in [6, 6.07) is 20.0. The van der Waals surface area contributed by atoms with Crippen LogP contribution in [-0.2, 0) is 14.3 Å². The van der Waals surface area contributed by atoms with Gasteiger partial charge in [-0.1, -0.05) is 54.6 Å². The molecule has 2 amide bonds. The first-order chi connectivity index (χ1) is 17.4. The number of Topliss-reactive ketones (excluding diaryl/α,β-unsaturated/α-hetero) is 2. The van der Waals surface area contributed by atoms with Gasteiger partial charge in [0.1, 0.15) is 11.5 Å². The summed E-state index contributed by atoms with van der Waals surface area (Å²) in [5.74, 6) is -4.11. The first-order valence-electron chi connectivity index (χ1n) is 11.4. The van der Waals surface area contributed by atoms with Gasteiger partial charge in [0.15, 0.2) is 0 Å². The molecule has 0 N–H and O–H groups in total. The fourth-order valence-electron chi connectivity index (χ4n) is 5.67. The highest BCUT2D eigenvalue weighted by molar-refractivity contribution is 6.37. The third-order valence-electron chi connectivity index (χ3n) is 7.27. The van der Waals surface area contributed by atoms with Crippen molar-refractivity contribution in [1.29, 1.82) is 0 Å². The van der Waals surface area contributed by atoms with Gasteiger partial charge in [-0.3, -0.25) is 19.2 Å². The van der Waals surface area contributed by atoms with Crippen LogP contribution in [0.2, 0.25) is 0 Å². The molecule has 0 bridgehead atoms. The molecular weight excluding hydrogens is 462 g/mol. The Hall–Kier alpha value is -4.30. The Morgan fingerprint density at radius 1 is 0.778 bits per heavy atom. The number of carbonyl (C=O) groups is 4. The number of benzene rings is 3. The fourth-order valence-corrected chi connectivity index (χ4v) is 5.67. The lowest BCUT2D eigenvalue weighted by Gasteiger charge is -2.27. The van der Waals surface area contributed by atoms with Gasteiger partial charge in [-0.15, -0.1) is 0 Å². The number of nitrogens with zero attached hydrogens (tertiary/aromatic N) is 1. The first-order valence-corrected chi connectivity index (χ1v) is 11.4. The molecule has 2 saturated heterocycles. The lowest BCUT2D eigenvalue weighted by atomic mass is 9.77. The second-order valence-corrected chi connectivity index (χ2v) is 8.94. The van der Waals surface area contributed by atoms with E-state index in [1.54, 1.807) is 66.7 Å². The summed E-state index contributed by atoms with van der Waals surface area (Å²) in [6.45, 7) is 0. The quantitative estimate of drug-likeness (QED) is 0.414. The predicted octanol–water partition coefficient (Wildman–Crippen LogP) is 3.40. The molecule has 0 radical (unpaired) electrons. The van der Waals surface area contributed by atoms with E-state index in [1.165, 1.54) is 14.2 Å². The van der Waals surface area contributed by atoms with Crippen molar-refractivity contribution in [2.24, 2.45) is 11.8 Å². The van der Waals surface area contributed by atoms with Gasteiger partial charge >= 0.3 is 0 Å². The highest BCUT2D eigenvalue weighted by Crippen LogP contribution is 2.58. The molecule has 2 fully saturated rings. The maximum absolute atomic E-state index is 14.0. The first kappa shape index (κ1) is 22.2. The monoisotopic (exact) mass is 483 g/mol. The summed E-state index contributed by atoms with van der Waals surface area (Å²) >= 11 is 0. The smallest absolute Gasteiger partial charge is 0.241 e. The summed E-state index contributed by atoms with van der Waals surface area (Å²) in [5.41, 5.74) is -0.923. The Balaban J connectivity index is 1.54. The average Bonchev–Trinajstić information content (AvgIpc) is 3.48. The van der Waals surface area contributed by atoms with E-state index in [2.05, 4.69) is 0 Å². The minimum absolute atomic E-state index is 0.190. The van der Waals surface area contributed by atoms with Crippen LogP contribution in [0.5, 0.6) is 11.5 Å². The second kappa shape index (κ2) is 7.86. The van der Waals surface area contributed by atoms with Crippen LogP contribution >= 0.6 is 0 Å². The second-order valence-electron chi connectivity index (χ2n) is 8.94. The minimum atomic E-state index is -2.12. The Morgan fingerprint density at radius 3 is 2.03 bits per heavy atom. The van der Waals surface area contributed by atoms with Gasteiger partial charge in [-0.25, -0.2) is 4.90 Å². The maximum Gasteiger partial charge on any atom is 0.241 e. The normalized spacial score (nSPS) is 23.8. The van der Waals surface area contributed by atoms with E-state index in [1.807, 2.05) is 6.07 Å². The van der Waals surface area contributed by atoms with E-state index in [0.29, 0.717) is 11.3 Å². The maximum atomic E-state index is 14.0. The highest BCUT2D eigenvalue weighted by atomic mass is 16.5. The van der Waals surface area contributed by atoms with Crippen molar-refractivity contribution < 1.29 is 33.4 Å². The predicted molar refractivity (Wildman–Crippen MR) is 127 cm³/mol. The Morgan fingerprint density at radius 2 is 1.42 bits per heavy atom. The van der Waals surface area contributed by atoms with Crippen LogP contribution in [0.15, 0.2) is 72.8 Å². The zero-order chi connectivity index (χ0) is 25.2. The molecular formula is C28H21NO7. The van der Waals surface area contributed by atoms with E-state index in [4.69, 9.17) is 14.2 Å². The minimum Gasteiger partial charge on any atom is -0.497 e. The molecule has 3 aliphatic rings. The van der Waals surface area contributed by atoms with Crippen molar-refractivity contribution in [3.8, 4) is 11.5 Å². The molecule has 8 heteroatoms. The summed E-state index contributed by atoms with van der Waals surface area (Å²) in [4.78, 5) is 56.6. The lowest BCUT2D eigenvalue weighted by molar-refractivity contribution is -0.127. The number of rotatable bonds is 4. The van der Waals surface area contributed by atoms with Crippen LogP contribution in [0.4, 0.5) is 5.69 Å². The van der Waals surface area contributed by atoms with E-state index >= 15 is 0 Å². The molecule has 0 aromatic heterocycles. The topological polar surface area (TPSA) is 99.2 Å². The molecule has 3 atom stereocenters. The molecule has 36 heavy (non-hydrogen) atoms. The Kier molecular flexibility index (Phi) is 4.84. The SMILES string of the molecule is COc1ccc(N2C(=O)[C@@H]3[C@@H](c4ccccc4)OC4(C(=O)c5ccccc5C4=O)[C@H]3C2=O)c(OC)c1. The van der Waals surface area contributed by atoms with Gasteiger partial charge in [0.2, 0.25) is 29.0 Å². The zero-order valence-electron chi connectivity index (χ0n) is 19.5. The van der Waals surface area contributed by atoms with E-state index in [9.17, 15) is 19.2 Å². The van der Waals surface area contributed by atoms with Crippen molar-refractivity contribution in [2.75, 3.05) is 19.1 Å². The molecule has 6 rings (SSSR count). The zero-order valence-corrected chi connectivity index (χ0v) is 19.5. The fraction of sp³-hybridized carbons (Fsp3) is 0.214. The Bertz CT molecular complexity index is 1410. The van der Waals surface area contributed by atoms with Gasteiger partial charge in [-0.2, -0.15) is 0 Å². The lowest BCUT2D eigenvalue weighted by Crippen LogP contribution is -2.51. The van der Waals surface area contributed by atoms with Gasteiger partial charge in [-0.05, 0) is 17.7 Å². The standard InChI is InChI=1S/C28H21NO7/c1-34-16-12-13-19(20(14-16)35-2)29-26(32)21-22(27(29)33)28(36-23(21)15-8-4-3-5-9-15)24(30)17-10-6-7-11-18(17)25(28)31/h3-14,21-23H,1-2H3/t21-,22+,23+/m0/s1. The largest absolute Gasteiger partial charge is 0.497 e. The number of fused-ring (bicyclic) bond motifs is 3.